The molecule has 0 bridgehead atoms. The highest BCUT2D eigenvalue weighted by atomic mass is 32.2. The van der Waals surface area contributed by atoms with Crippen LogP contribution in [-0.4, -0.2) is 54.2 Å². The zero-order valence-electron chi connectivity index (χ0n) is 24.2. The van der Waals surface area contributed by atoms with Gasteiger partial charge in [-0.3, -0.25) is 4.90 Å². The van der Waals surface area contributed by atoms with E-state index in [0.29, 0.717) is 37.3 Å². The van der Waals surface area contributed by atoms with Gasteiger partial charge in [0.2, 0.25) is 0 Å². The SMILES string of the molecule is CC(C)Oc1cccc(CN2CC[C@@]3(C[C@@H]2C)CN(C2=NOC(c4ccccc4)C2)S(=O)(=O)N3c2cccc(F)c2)c1. The van der Waals surface area contributed by atoms with Crippen molar-refractivity contribution in [3.8, 4) is 5.75 Å². The average molecular weight is 593 g/mol. The van der Waals surface area contributed by atoms with E-state index < -0.39 is 21.6 Å². The van der Waals surface area contributed by atoms with Gasteiger partial charge in [0.25, 0.3) is 0 Å². The highest BCUT2D eigenvalue weighted by Gasteiger charge is 2.58. The van der Waals surface area contributed by atoms with Crippen LogP contribution in [0, 0.1) is 5.82 Å². The Morgan fingerprint density at radius 3 is 2.60 bits per heavy atom. The van der Waals surface area contributed by atoms with Gasteiger partial charge in [-0.2, -0.15) is 8.42 Å². The van der Waals surface area contributed by atoms with E-state index in [4.69, 9.17) is 9.57 Å². The third kappa shape index (κ3) is 5.45. The van der Waals surface area contributed by atoms with Gasteiger partial charge >= 0.3 is 10.2 Å². The van der Waals surface area contributed by atoms with Crippen LogP contribution in [0.3, 0.4) is 0 Å². The summed E-state index contributed by atoms with van der Waals surface area (Å²) >= 11 is 0. The van der Waals surface area contributed by atoms with Crippen LogP contribution in [0.15, 0.2) is 84.0 Å². The molecule has 0 aromatic heterocycles. The van der Waals surface area contributed by atoms with Crippen LogP contribution in [0.5, 0.6) is 5.75 Å². The van der Waals surface area contributed by atoms with Crippen LogP contribution in [0.1, 0.15) is 57.3 Å². The molecule has 0 amide bonds. The van der Waals surface area contributed by atoms with Gasteiger partial charge in [0.1, 0.15) is 11.6 Å². The zero-order chi connectivity index (χ0) is 29.5. The van der Waals surface area contributed by atoms with Gasteiger partial charge < -0.3 is 9.57 Å². The number of ether oxygens (including phenoxy) is 1. The first kappa shape index (κ1) is 28.5. The number of nitrogens with zero attached hydrogens (tertiary/aromatic N) is 4. The van der Waals surface area contributed by atoms with E-state index in [-0.39, 0.29) is 24.8 Å². The molecule has 0 aliphatic carbocycles. The average Bonchev–Trinajstić information content (AvgIpc) is 3.51. The summed E-state index contributed by atoms with van der Waals surface area (Å²) in [5.41, 5.74) is 1.64. The van der Waals surface area contributed by atoms with E-state index in [0.717, 1.165) is 23.4 Å². The topological polar surface area (TPSA) is 74.7 Å². The second-order valence-corrected chi connectivity index (χ2v) is 13.5. The summed E-state index contributed by atoms with van der Waals surface area (Å²) < 4.78 is 51.7. The Hall–Kier alpha value is -3.63. The van der Waals surface area contributed by atoms with Crippen molar-refractivity contribution in [2.75, 3.05) is 17.4 Å². The minimum atomic E-state index is -4.06. The van der Waals surface area contributed by atoms with Gasteiger partial charge in [0.05, 0.1) is 30.3 Å². The molecule has 3 heterocycles. The molecule has 2 saturated heterocycles. The van der Waals surface area contributed by atoms with Crippen molar-refractivity contribution in [3.63, 3.8) is 0 Å². The van der Waals surface area contributed by atoms with Crippen molar-refractivity contribution < 1.29 is 22.4 Å². The number of oxime groups is 1. The molecule has 3 aromatic rings. The first-order valence-electron chi connectivity index (χ1n) is 14.5. The van der Waals surface area contributed by atoms with Gasteiger partial charge in [-0.25, -0.2) is 13.0 Å². The van der Waals surface area contributed by atoms with Gasteiger partial charge in [-0.15, -0.1) is 0 Å². The monoisotopic (exact) mass is 592 g/mol. The molecule has 10 heteroatoms. The number of anilines is 1. The third-order valence-electron chi connectivity index (χ3n) is 8.35. The first-order chi connectivity index (χ1) is 20.1. The Morgan fingerprint density at radius 2 is 1.86 bits per heavy atom. The molecule has 1 spiro atoms. The number of amidine groups is 1. The summed E-state index contributed by atoms with van der Waals surface area (Å²) in [4.78, 5) is 8.09. The first-order valence-corrected chi connectivity index (χ1v) is 15.9. The third-order valence-corrected chi connectivity index (χ3v) is 10.3. The van der Waals surface area contributed by atoms with E-state index in [9.17, 15) is 12.8 Å². The number of hydrogen-bond donors (Lipinski definition) is 0. The minimum Gasteiger partial charge on any atom is -0.491 e. The van der Waals surface area contributed by atoms with Crippen molar-refractivity contribution >= 4 is 21.7 Å². The molecule has 0 saturated carbocycles. The van der Waals surface area contributed by atoms with Crippen LogP contribution in [0.25, 0.3) is 0 Å². The quantitative estimate of drug-likeness (QED) is 0.358. The van der Waals surface area contributed by atoms with E-state index >= 15 is 0 Å². The normalized spacial score (nSPS) is 25.6. The Balaban J connectivity index is 1.27. The second-order valence-electron chi connectivity index (χ2n) is 11.8. The molecule has 42 heavy (non-hydrogen) atoms. The van der Waals surface area contributed by atoms with Gasteiger partial charge in [0, 0.05) is 19.1 Å². The molecule has 8 nitrogen and oxygen atoms in total. The molecule has 222 valence electrons. The van der Waals surface area contributed by atoms with Crippen LogP contribution in [0.4, 0.5) is 10.1 Å². The second kappa shape index (κ2) is 11.2. The lowest BCUT2D eigenvalue weighted by Gasteiger charge is -2.46. The summed E-state index contributed by atoms with van der Waals surface area (Å²) in [5, 5.41) is 4.25. The fraction of sp³-hybridized carbons (Fsp3) is 0.406. The number of hydrogen-bond acceptors (Lipinski definition) is 6. The molecular formula is C32H37FN4O4S. The summed E-state index contributed by atoms with van der Waals surface area (Å²) in [6.07, 6.45) is 1.24. The molecule has 3 aliphatic heterocycles. The highest BCUT2D eigenvalue weighted by molar-refractivity contribution is 7.91. The molecule has 0 N–H and O–H groups in total. The Bertz CT molecular complexity index is 1570. The maximum absolute atomic E-state index is 14.5. The Labute approximate surface area is 247 Å². The van der Waals surface area contributed by atoms with Crippen LogP contribution in [-0.2, 0) is 21.6 Å². The maximum atomic E-state index is 14.5. The molecule has 0 radical (unpaired) electrons. The van der Waals surface area contributed by atoms with Crippen molar-refractivity contribution in [2.24, 2.45) is 5.16 Å². The number of halogens is 1. The molecule has 6 rings (SSSR count). The summed E-state index contributed by atoms with van der Waals surface area (Å²) in [6.45, 7) is 7.78. The predicted octanol–water partition coefficient (Wildman–Crippen LogP) is 5.88. The van der Waals surface area contributed by atoms with Crippen LogP contribution in [0.2, 0.25) is 0 Å². The number of rotatable bonds is 6. The molecule has 2 fully saturated rings. The van der Waals surface area contributed by atoms with Crippen LogP contribution < -0.4 is 9.04 Å². The van der Waals surface area contributed by atoms with E-state index in [1.807, 2.05) is 56.3 Å². The lowest BCUT2D eigenvalue weighted by atomic mass is 9.82. The van der Waals surface area contributed by atoms with E-state index in [1.165, 1.54) is 20.7 Å². The highest BCUT2D eigenvalue weighted by Crippen LogP contribution is 2.46. The number of likely N-dealkylation sites (tertiary alicyclic amines) is 1. The van der Waals surface area contributed by atoms with E-state index in [2.05, 4.69) is 29.1 Å². The molecule has 3 atom stereocenters. The maximum Gasteiger partial charge on any atom is 0.328 e. The lowest BCUT2D eigenvalue weighted by Crippen LogP contribution is -2.57. The van der Waals surface area contributed by atoms with Gasteiger partial charge in [-0.1, -0.05) is 53.7 Å². The lowest BCUT2D eigenvalue weighted by molar-refractivity contribution is 0.0855. The standard InChI is InChI=1S/C32H37FN4O4S/c1-23(2)40-29-14-7-9-25(17-29)21-35-16-15-32(20-24(35)3)22-36(31-19-30(41-34-31)26-10-5-4-6-11-26)42(38,39)37(32)28-13-8-12-27(33)18-28/h4-14,17-18,23-24,30H,15-16,19-22H2,1-3H3/t24-,30?,32+/m0/s1. The van der Waals surface area contributed by atoms with Crippen molar-refractivity contribution in [3.05, 3.63) is 95.8 Å². The van der Waals surface area contributed by atoms with E-state index in [1.54, 1.807) is 12.1 Å². The zero-order valence-corrected chi connectivity index (χ0v) is 25.0. The summed E-state index contributed by atoms with van der Waals surface area (Å²) in [7, 11) is -4.06. The molecule has 3 aromatic carbocycles. The van der Waals surface area contributed by atoms with Gasteiger partial charge in [0.15, 0.2) is 11.9 Å². The largest absolute Gasteiger partial charge is 0.491 e. The van der Waals surface area contributed by atoms with Crippen molar-refractivity contribution in [1.82, 2.24) is 9.21 Å². The predicted molar refractivity (Wildman–Crippen MR) is 161 cm³/mol. The summed E-state index contributed by atoms with van der Waals surface area (Å²) in [6, 6.07) is 23.7. The molecule has 3 aliphatic rings. The summed E-state index contributed by atoms with van der Waals surface area (Å²) in [5.74, 6) is 0.738. The number of piperidine rings is 1. The molecular weight excluding hydrogens is 555 g/mol. The fourth-order valence-electron chi connectivity index (χ4n) is 6.49. The van der Waals surface area contributed by atoms with Crippen LogP contribution >= 0.6 is 0 Å². The Morgan fingerprint density at radius 1 is 1.07 bits per heavy atom. The Kier molecular flexibility index (Phi) is 7.61. The minimum absolute atomic E-state index is 0.0680. The van der Waals surface area contributed by atoms with Gasteiger partial charge in [-0.05, 0) is 75.1 Å². The number of benzene rings is 3. The molecule has 1 unspecified atom stereocenters. The smallest absolute Gasteiger partial charge is 0.328 e. The van der Waals surface area contributed by atoms with Crippen molar-refractivity contribution in [1.29, 1.82) is 0 Å². The van der Waals surface area contributed by atoms with Crippen molar-refractivity contribution in [2.45, 2.75) is 70.4 Å². The fourth-order valence-corrected chi connectivity index (χ4v) is 8.56.